The molecule has 0 spiro atoms. The van der Waals surface area contributed by atoms with Gasteiger partial charge in [0.1, 0.15) is 0 Å². The largest absolute Gasteiger partial charge is 0.546 e. The molecule has 0 heterocycles. The Morgan fingerprint density at radius 1 is 0.889 bits per heavy atom. The number of rotatable bonds is 3. The van der Waals surface area contributed by atoms with Crippen molar-refractivity contribution in [2.75, 3.05) is 0 Å². The fourth-order valence-corrected chi connectivity index (χ4v) is 1.76. The highest BCUT2D eigenvalue weighted by atomic mass is 16.4. The van der Waals surface area contributed by atoms with Gasteiger partial charge >= 0.3 is 0 Å². The third-order valence-corrected chi connectivity index (χ3v) is 2.68. The molecule has 2 aromatic rings. The van der Waals surface area contributed by atoms with Gasteiger partial charge in [0.25, 0.3) is 0 Å². The molecular formula is C14H15NO3. The van der Waals surface area contributed by atoms with Crippen molar-refractivity contribution in [2.45, 2.75) is 5.60 Å². The van der Waals surface area contributed by atoms with Crippen LogP contribution in [0.2, 0.25) is 0 Å². The summed E-state index contributed by atoms with van der Waals surface area (Å²) in [5.74, 6) is -1.53. The maximum absolute atomic E-state index is 11.3. The number of carbonyl (C=O) groups is 1. The Labute approximate surface area is 105 Å². The third kappa shape index (κ3) is 2.25. The maximum Gasteiger partial charge on any atom is 0.154 e. The molecule has 0 aromatic heterocycles. The molecule has 2 aromatic carbocycles. The van der Waals surface area contributed by atoms with E-state index < -0.39 is 11.6 Å². The second-order valence-electron chi connectivity index (χ2n) is 3.73. The molecule has 18 heavy (non-hydrogen) atoms. The Balaban J connectivity index is 0.00000162. The number of aliphatic hydroxyl groups is 1. The van der Waals surface area contributed by atoms with Crippen LogP contribution >= 0.6 is 0 Å². The molecule has 0 aliphatic heterocycles. The highest BCUT2D eigenvalue weighted by Crippen LogP contribution is 2.28. The average Bonchev–Trinajstić information content (AvgIpc) is 2.39. The molecule has 0 radical (unpaired) electrons. The predicted molar refractivity (Wildman–Crippen MR) is 66.9 cm³/mol. The Morgan fingerprint density at radius 2 is 1.22 bits per heavy atom. The highest BCUT2D eigenvalue weighted by Gasteiger charge is 2.32. The van der Waals surface area contributed by atoms with Gasteiger partial charge < -0.3 is 21.2 Å². The summed E-state index contributed by atoms with van der Waals surface area (Å²) in [5, 5.41) is 21.6. The second-order valence-corrected chi connectivity index (χ2v) is 3.73. The fraction of sp³-hybridized carbons (Fsp3) is 0.0714. The van der Waals surface area contributed by atoms with Crippen molar-refractivity contribution in [3.05, 3.63) is 71.8 Å². The molecule has 0 unspecified atom stereocenters. The first-order chi connectivity index (χ1) is 8.15. The van der Waals surface area contributed by atoms with Gasteiger partial charge in [0.2, 0.25) is 0 Å². The summed E-state index contributed by atoms with van der Waals surface area (Å²) < 4.78 is 0. The third-order valence-electron chi connectivity index (χ3n) is 2.68. The Kier molecular flexibility index (Phi) is 4.20. The molecule has 2 rings (SSSR count). The molecule has 0 aliphatic carbocycles. The van der Waals surface area contributed by atoms with Crippen LogP contribution < -0.4 is 11.3 Å². The van der Waals surface area contributed by atoms with E-state index in [4.69, 9.17) is 0 Å². The summed E-state index contributed by atoms with van der Waals surface area (Å²) in [6.45, 7) is 0. The zero-order valence-electron chi connectivity index (χ0n) is 10.0. The van der Waals surface area contributed by atoms with Gasteiger partial charge in [-0.05, 0) is 11.1 Å². The number of carbonyl (C=O) groups excluding carboxylic acids is 1. The molecular weight excluding hydrogens is 230 g/mol. The minimum absolute atomic E-state index is 0. The van der Waals surface area contributed by atoms with Crippen molar-refractivity contribution < 1.29 is 15.0 Å². The molecule has 0 saturated carbocycles. The smallest absolute Gasteiger partial charge is 0.154 e. The number of quaternary nitrogens is 1. The lowest BCUT2D eigenvalue weighted by Crippen LogP contribution is -2.46. The molecule has 4 heteroatoms. The van der Waals surface area contributed by atoms with E-state index in [1.54, 1.807) is 60.7 Å². The van der Waals surface area contributed by atoms with Crippen LogP contribution in [0.25, 0.3) is 0 Å². The Bertz CT molecular complexity index is 472. The van der Waals surface area contributed by atoms with E-state index >= 15 is 0 Å². The monoisotopic (exact) mass is 245 g/mol. The van der Waals surface area contributed by atoms with Crippen molar-refractivity contribution >= 4 is 5.97 Å². The van der Waals surface area contributed by atoms with Crippen LogP contribution in [0.1, 0.15) is 11.1 Å². The lowest BCUT2D eigenvalue weighted by molar-refractivity contribution is -0.322. The van der Waals surface area contributed by atoms with Crippen molar-refractivity contribution in [1.29, 1.82) is 0 Å². The summed E-state index contributed by atoms with van der Waals surface area (Å²) in [6.07, 6.45) is 0. The SMILES string of the molecule is O=C([O-])C(O)(c1ccccc1)c1ccccc1.[NH4+]. The van der Waals surface area contributed by atoms with E-state index in [0.717, 1.165) is 0 Å². The number of hydrogen-bond donors (Lipinski definition) is 2. The Hall–Kier alpha value is -2.17. The van der Waals surface area contributed by atoms with Crippen LogP contribution in [0, 0.1) is 0 Å². The average molecular weight is 245 g/mol. The van der Waals surface area contributed by atoms with E-state index in [-0.39, 0.29) is 17.3 Å². The van der Waals surface area contributed by atoms with Crippen LogP contribution in [0.5, 0.6) is 0 Å². The summed E-state index contributed by atoms with van der Waals surface area (Å²) in [7, 11) is 0. The van der Waals surface area contributed by atoms with Crippen molar-refractivity contribution in [3.8, 4) is 0 Å². The first-order valence-electron chi connectivity index (χ1n) is 5.20. The molecule has 0 atom stereocenters. The van der Waals surface area contributed by atoms with Gasteiger partial charge in [-0.2, -0.15) is 0 Å². The van der Waals surface area contributed by atoms with Gasteiger partial charge in [0.15, 0.2) is 5.60 Å². The molecule has 5 N–H and O–H groups in total. The van der Waals surface area contributed by atoms with E-state index in [1.165, 1.54) is 0 Å². The lowest BCUT2D eigenvalue weighted by atomic mass is 9.86. The topological polar surface area (TPSA) is 96.9 Å². The van der Waals surface area contributed by atoms with E-state index in [2.05, 4.69) is 0 Å². The quantitative estimate of drug-likeness (QED) is 0.845. The minimum Gasteiger partial charge on any atom is -0.546 e. The Morgan fingerprint density at radius 3 is 1.50 bits per heavy atom. The summed E-state index contributed by atoms with van der Waals surface area (Å²) >= 11 is 0. The van der Waals surface area contributed by atoms with Crippen LogP contribution in [-0.2, 0) is 10.4 Å². The van der Waals surface area contributed by atoms with E-state index in [0.29, 0.717) is 0 Å². The minimum atomic E-state index is -2.11. The molecule has 0 aliphatic rings. The number of carboxylic acid groups (broad SMARTS) is 1. The van der Waals surface area contributed by atoms with Crippen molar-refractivity contribution in [2.24, 2.45) is 0 Å². The summed E-state index contributed by atoms with van der Waals surface area (Å²) in [6, 6.07) is 16.4. The van der Waals surface area contributed by atoms with Crippen molar-refractivity contribution in [3.63, 3.8) is 0 Å². The first-order valence-corrected chi connectivity index (χ1v) is 5.20. The van der Waals surface area contributed by atoms with Crippen LogP contribution in [0.4, 0.5) is 0 Å². The summed E-state index contributed by atoms with van der Waals surface area (Å²) in [4.78, 5) is 11.3. The van der Waals surface area contributed by atoms with E-state index in [9.17, 15) is 15.0 Å². The summed E-state index contributed by atoms with van der Waals surface area (Å²) in [5.41, 5.74) is -1.54. The van der Waals surface area contributed by atoms with E-state index in [1.807, 2.05) is 0 Å². The lowest BCUT2D eigenvalue weighted by Gasteiger charge is -2.30. The molecule has 4 nitrogen and oxygen atoms in total. The van der Waals surface area contributed by atoms with Gasteiger partial charge in [-0.1, -0.05) is 60.7 Å². The number of aliphatic carboxylic acids is 1. The van der Waals surface area contributed by atoms with Gasteiger partial charge in [-0.3, -0.25) is 0 Å². The number of carboxylic acids is 1. The zero-order chi connectivity index (χ0) is 12.3. The second kappa shape index (κ2) is 5.44. The standard InChI is InChI=1S/C14H12O3.H3N/c15-13(16)14(17,11-7-3-1-4-8-11)12-9-5-2-6-10-12;/h1-10,17H,(H,15,16);1H3. The fourth-order valence-electron chi connectivity index (χ4n) is 1.76. The molecule has 0 fully saturated rings. The number of benzene rings is 2. The van der Waals surface area contributed by atoms with Crippen LogP contribution in [-0.4, -0.2) is 11.1 Å². The van der Waals surface area contributed by atoms with Gasteiger partial charge in [0.05, 0.1) is 5.97 Å². The predicted octanol–water partition coefficient (Wildman–Crippen LogP) is 1.05. The molecule has 94 valence electrons. The molecule has 0 saturated heterocycles. The van der Waals surface area contributed by atoms with Gasteiger partial charge in [0, 0.05) is 0 Å². The maximum atomic E-state index is 11.3. The van der Waals surface area contributed by atoms with Gasteiger partial charge in [-0.15, -0.1) is 0 Å². The first kappa shape index (κ1) is 13.9. The van der Waals surface area contributed by atoms with Crippen molar-refractivity contribution in [1.82, 2.24) is 6.15 Å². The van der Waals surface area contributed by atoms with Crippen LogP contribution in [0.3, 0.4) is 0 Å². The highest BCUT2D eigenvalue weighted by molar-refractivity contribution is 5.81. The molecule has 0 bridgehead atoms. The normalized spacial score (nSPS) is 10.5. The number of hydrogen-bond acceptors (Lipinski definition) is 3. The zero-order valence-corrected chi connectivity index (χ0v) is 10.0. The van der Waals surface area contributed by atoms with Crippen LogP contribution in [0.15, 0.2) is 60.7 Å². The van der Waals surface area contributed by atoms with Gasteiger partial charge in [-0.25, -0.2) is 0 Å². The molecule has 0 amide bonds.